The van der Waals surface area contributed by atoms with E-state index in [0.717, 1.165) is 29.7 Å². The summed E-state index contributed by atoms with van der Waals surface area (Å²) in [6.45, 7) is 1.56. The standard InChI is InChI=1S/C13H22I2N2O/c14-10-3-1-9(2-4-10)12(18)8-17-7-11(15)5-6-13(17)16/h9-11,13H,1-8,16H2. The maximum atomic E-state index is 12.3. The van der Waals surface area contributed by atoms with E-state index in [1.807, 2.05) is 0 Å². The van der Waals surface area contributed by atoms with E-state index < -0.39 is 0 Å². The summed E-state index contributed by atoms with van der Waals surface area (Å²) < 4.78 is 1.43. The molecule has 104 valence electrons. The second-order valence-corrected chi connectivity index (χ2v) is 9.11. The van der Waals surface area contributed by atoms with Gasteiger partial charge in [-0.25, -0.2) is 0 Å². The topological polar surface area (TPSA) is 46.3 Å². The van der Waals surface area contributed by atoms with Crippen LogP contribution in [-0.2, 0) is 4.79 Å². The number of hydrogen-bond acceptors (Lipinski definition) is 3. The molecule has 3 nitrogen and oxygen atoms in total. The monoisotopic (exact) mass is 476 g/mol. The summed E-state index contributed by atoms with van der Waals surface area (Å²) in [6, 6.07) is 0. The summed E-state index contributed by atoms with van der Waals surface area (Å²) in [5, 5.41) is 0. The first kappa shape index (κ1) is 15.4. The first-order valence-electron chi connectivity index (χ1n) is 6.86. The van der Waals surface area contributed by atoms with Gasteiger partial charge in [0, 0.05) is 20.3 Å². The molecule has 1 saturated carbocycles. The largest absolute Gasteiger partial charge is 0.316 e. The minimum absolute atomic E-state index is 0.0980. The Labute approximate surface area is 137 Å². The van der Waals surface area contributed by atoms with E-state index >= 15 is 0 Å². The predicted molar refractivity (Wildman–Crippen MR) is 91.4 cm³/mol. The van der Waals surface area contributed by atoms with Crippen LogP contribution in [0.15, 0.2) is 0 Å². The van der Waals surface area contributed by atoms with Crippen molar-refractivity contribution in [3.63, 3.8) is 0 Å². The quantitative estimate of drug-likeness (QED) is 0.504. The van der Waals surface area contributed by atoms with Crippen molar-refractivity contribution in [1.82, 2.24) is 4.90 Å². The summed E-state index contributed by atoms with van der Waals surface area (Å²) in [5.41, 5.74) is 6.11. The molecule has 0 aromatic rings. The maximum Gasteiger partial charge on any atom is 0.149 e. The van der Waals surface area contributed by atoms with Gasteiger partial charge in [-0.3, -0.25) is 9.69 Å². The van der Waals surface area contributed by atoms with Crippen molar-refractivity contribution in [3.05, 3.63) is 0 Å². The highest BCUT2D eigenvalue weighted by Gasteiger charge is 2.30. The minimum atomic E-state index is 0.0980. The van der Waals surface area contributed by atoms with Gasteiger partial charge in [0.25, 0.3) is 0 Å². The second kappa shape index (κ2) is 7.17. The Kier molecular flexibility index (Phi) is 6.15. The molecule has 18 heavy (non-hydrogen) atoms. The zero-order valence-electron chi connectivity index (χ0n) is 10.7. The number of nitrogens with two attached hydrogens (primary N) is 1. The van der Waals surface area contributed by atoms with Crippen LogP contribution in [0.1, 0.15) is 38.5 Å². The summed E-state index contributed by atoms with van der Waals surface area (Å²) >= 11 is 4.99. The minimum Gasteiger partial charge on any atom is -0.316 e. The zero-order chi connectivity index (χ0) is 13.1. The van der Waals surface area contributed by atoms with Crippen molar-refractivity contribution in [2.24, 2.45) is 11.7 Å². The highest BCUT2D eigenvalue weighted by molar-refractivity contribution is 14.1. The lowest BCUT2D eigenvalue weighted by Gasteiger charge is -2.36. The normalized spacial score (nSPS) is 38.6. The van der Waals surface area contributed by atoms with Gasteiger partial charge >= 0.3 is 0 Å². The van der Waals surface area contributed by atoms with E-state index in [1.54, 1.807) is 0 Å². The van der Waals surface area contributed by atoms with Crippen molar-refractivity contribution in [2.45, 2.75) is 52.5 Å². The number of alkyl halides is 2. The van der Waals surface area contributed by atoms with E-state index in [2.05, 4.69) is 50.1 Å². The zero-order valence-corrected chi connectivity index (χ0v) is 15.0. The number of rotatable bonds is 3. The Hall–Kier alpha value is 1.05. The summed E-state index contributed by atoms with van der Waals surface area (Å²) in [7, 11) is 0. The highest BCUT2D eigenvalue weighted by Crippen LogP contribution is 2.30. The molecule has 5 heteroatoms. The van der Waals surface area contributed by atoms with Crippen LogP contribution in [0.4, 0.5) is 0 Å². The van der Waals surface area contributed by atoms with Gasteiger partial charge in [-0.1, -0.05) is 45.2 Å². The first-order valence-corrected chi connectivity index (χ1v) is 9.36. The van der Waals surface area contributed by atoms with Crippen molar-refractivity contribution in [3.8, 4) is 0 Å². The fraction of sp³-hybridized carbons (Fsp3) is 0.923. The molecule has 2 N–H and O–H groups in total. The van der Waals surface area contributed by atoms with E-state index in [4.69, 9.17) is 5.73 Å². The Morgan fingerprint density at radius 2 is 1.67 bits per heavy atom. The fourth-order valence-corrected chi connectivity index (χ4v) is 4.49. The van der Waals surface area contributed by atoms with Crippen LogP contribution >= 0.6 is 45.2 Å². The number of ketones is 1. The molecule has 0 spiro atoms. The smallest absolute Gasteiger partial charge is 0.149 e. The number of likely N-dealkylation sites (tertiary alicyclic amines) is 1. The molecule has 2 fully saturated rings. The molecule has 0 amide bonds. The number of nitrogens with zero attached hydrogens (tertiary/aromatic N) is 1. The number of hydrogen-bond donors (Lipinski definition) is 1. The molecule has 1 heterocycles. The fourth-order valence-electron chi connectivity index (χ4n) is 2.90. The molecular weight excluding hydrogens is 454 g/mol. The Balaban J connectivity index is 1.82. The number of carbonyl (C=O) groups is 1. The lowest BCUT2D eigenvalue weighted by atomic mass is 9.86. The molecular formula is C13H22I2N2O. The molecule has 0 radical (unpaired) electrons. The van der Waals surface area contributed by atoms with Crippen molar-refractivity contribution in [1.29, 1.82) is 0 Å². The van der Waals surface area contributed by atoms with Gasteiger partial charge in [0.05, 0.1) is 12.7 Å². The number of carbonyl (C=O) groups excluding carboxylic acids is 1. The number of halogens is 2. The van der Waals surface area contributed by atoms with Crippen LogP contribution in [0.2, 0.25) is 0 Å². The lowest BCUT2D eigenvalue weighted by Crippen LogP contribution is -2.51. The Bertz CT molecular complexity index is 293. The molecule has 2 unspecified atom stereocenters. The summed E-state index contributed by atoms with van der Waals surface area (Å²) in [5.74, 6) is 0.733. The van der Waals surface area contributed by atoms with E-state index in [-0.39, 0.29) is 6.17 Å². The third kappa shape index (κ3) is 4.28. The molecule has 1 aliphatic carbocycles. The molecule has 0 bridgehead atoms. The van der Waals surface area contributed by atoms with E-state index in [9.17, 15) is 4.79 Å². The van der Waals surface area contributed by atoms with Crippen LogP contribution in [0.5, 0.6) is 0 Å². The second-order valence-electron chi connectivity index (χ2n) is 5.59. The Morgan fingerprint density at radius 1 is 1.06 bits per heavy atom. The maximum absolute atomic E-state index is 12.3. The van der Waals surface area contributed by atoms with Crippen molar-refractivity contribution < 1.29 is 4.79 Å². The van der Waals surface area contributed by atoms with Gasteiger partial charge in [0.15, 0.2) is 0 Å². The predicted octanol–water partition coefficient (Wildman–Crippen LogP) is 2.73. The average molecular weight is 476 g/mol. The third-order valence-corrected chi connectivity index (χ3v) is 6.41. The van der Waals surface area contributed by atoms with Gasteiger partial charge in [-0.15, -0.1) is 0 Å². The average Bonchev–Trinajstić information content (AvgIpc) is 2.34. The Morgan fingerprint density at radius 3 is 2.33 bits per heavy atom. The molecule has 2 aliphatic rings. The van der Waals surface area contributed by atoms with Gasteiger partial charge < -0.3 is 5.73 Å². The van der Waals surface area contributed by atoms with Crippen LogP contribution in [0, 0.1) is 5.92 Å². The lowest BCUT2D eigenvalue weighted by molar-refractivity contribution is -0.125. The number of piperidine rings is 1. The van der Waals surface area contributed by atoms with Crippen molar-refractivity contribution in [2.75, 3.05) is 13.1 Å². The van der Waals surface area contributed by atoms with Crippen LogP contribution in [0.3, 0.4) is 0 Å². The van der Waals surface area contributed by atoms with Crippen molar-refractivity contribution >= 4 is 51.0 Å². The molecule has 2 atom stereocenters. The van der Waals surface area contributed by atoms with E-state index in [1.165, 1.54) is 19.3 Å². The number of Topliss-reactive ketones (excluding diaryl/α,β-unsaturated/α-hetero) is 1. The molecule has 1 saturated heterocycles. The molecule has 1 aliphatic heterocycles. The van der Waals surface area contributed by atoms with Gasteiger partial charge in [-0.05, 0) is 38.5 Å². The van der Waals surface area contributed by atoms with Crippen LogP contribution in [0.25, 0.3) is 0 Å². The van der Waals surface area contributed by atoms with Gasteiger partial charge in [0.2, 0.25) is 0 Å². The highest BCUT2D eigenvalue weighted by atomic mass is 127. The SMILES string of the molecule is NC1CCC(I)CN1CC(=O)C1CCC(I)CC1. The third-order valence-electron chi connectivity index (χ3n) is 4.15. The van der Waals surface area contributed by atoms with Gasteiger partial charge in [0.1, 0.15) is 5.78 Å². The molecule has 2 rings (SSSR count). The van der Waals surface area contributed by atoms with E-state index in [0.29, 0.717) is 22.2 Å². The summed E-state index contributed by atoms with van der Waals surface area (Å²) in [4.78, 5) is 14.5. The first-order chi connectivity index (χ1) is 8.56. The van der Waals surface area contributed by atoms with Crippen LogP contribution in [-0.4, -0.2) is 37.8 Å². The van der Waals surface area contributed by atoms with Crippen LogP contribution < -0.4 is 5.73 Å². The molecule has 0 aromatic heterocycles. The van der Waals surface area contributed by atoms with Gasteiger partial charge in [-0.2, -0.15) is 0 Å². The molecule has 0 aromatic carbocycles. The summed E-state index contributed by atoms with van der Waals surface area (Å²) in [6.07, 6.45) is 6.90.